The summed E-state index contributed by atoms with van der Waals surface area (Å²) in [6, 6.07) is 0. The summed E-state index contributed by atoms with van der Waals surface area (Å²) in [5.74, 6) is -0.192. The van der Waals surface area contributed by atoms with Crippen LogP contribution in [-0.2, 0) is 9.53 Å². The molecule has 112 valence electrons. The maximum absolute atomic E-state index is 11.7. The van der Waals surface area contributed by atoms with Crippen LogP contribution >= 0.6 is 0 Å². The third kappa shape index (κ3) is 5.09. The highest BCUT2D eigenvalue weighted by molar-refractivity contribution is 5.80. The zero-order valence-electron chi connectivity index (χ0n) is 12.9. The maximum atomic E-state index is 11.7. The van der Waals surface area contributed by atoms with Crippen molar-refractivity contribution < 1.29 is 9.53 Å². The van der Waals surface area contributed by atoms with Crippen LogP contribution in [0.2, 0.25) is 0 Å². The van der Waals surface area contributed by atoms with Gasteiger partial charge in [-0.2, -0.15) is 0 Å². The van der Waals surface area contributed by atoms with Gasteiger partial charge in [0.15, 0.2) is 0 Å². The molecular weight excluding hydrogens is 242 g/mol. The molecule has 19 heavy (non-hydrogen) atoms. The molecule has 5 nitrogen and oxygen atoms in total. The summed E-state index contributed by atoms with van der Waals surface area (Å²) in [5, 5.41) is 3.07. The third-order valence-electron chi connectivity index (χ3n) is 4.18. The minimum Gasteiger partial charge on any atom is -0.468 e. The van der Waals surface area contributed by atoms with E-state index < -0.39 is 5.54 Å². The fourth-order valence-corrected chi connectivity index (χ4v) is 2.40. The number of methoxy groups -OCH3 is 1. The van der Waals surface area contributed by atoms with E-state index in [0.717, 1.165) is 26.1 Å². The molecular formula is C14H29N3O2. The first-order valence-electron chi connectivity index (χ1n) is 7.20. The normalized spacial score (nSPS) is 19.6. The van der Waals surface area contributed by atoms with E-state index in [-0.39, 0.29) is 5.97 Å². The number of rotatable bonds is 8. The van der Waals surface area contributed by atoms with Crippen molar-refractivity contribution in [2.45, 2.75) is 31.7 Å². The summed E-state index contributed by atoms with van der Waals surface area (Å²) >= 11 is 0. The molecule has 0 saturated carbocycles. The van der Waals surface area contributed by atoms with Crippen LogP contribution in [0.1, 0.15) is 26.2 Å². The van der Waals surface area contributed by atoms with Gasteiger partial charge in [-0.15, -0.1) is 0 Å². The van der Waals surface area contributed by atoms with Crippen molar-refractivity contribution in [1.29, 1.82) is 0 Å². The van der Waals surface area contributed by atoms with Crippen molar-refractivity contribution in [3.63, 3.8) is 0 Å². The van der Waals surface area contributed by atoms with Crippen LogP contribution in [-0.4, -0.2) is 75.2 Å². The number of carbonyl (C=O) groups excluding carboxylic acids is 1. The van der Waals surface area contributed by atoms with Crippen LogP contribution in [0.4, 0.5) is 0 Å². The molecule has 0 aromatic heterocycles. The van der Waals surface area contributed by atoms with Gasteiger partial charge in [0.25, 0.3) is 0 Å². The van der Waals surface area contributed by atoms with Gasteiger partial charge in [0, 0.05) is 19.6 Å². The van der Waals surface area contributed by atoms with Gasteiger partial charge < -0.3 is 19.9 Å². The number of likely N-dealkylation sites (N-methyl/N-ethyl adjacent to an activating group) is 2. The molecule has 1 rings (SSSR count). The summed E-state index contributed by atoms with van der Waals surface area (Å²) in [7, 11) is 5.36. The molecule has 0 aromatic rings. The second kappa shape index (κ2) is 7.82. The van der Waals surface area contributed by atoms with Crippen molar-refractivity contribution in [3.05, 3.63) is 0 Å². The maximum Gasteiger partial charge on any atom is 0.325 e. The molecule has 0 aliphatic carbocycles. The quantitative estimate of drug-likeness (QED) is 0.653. The van der Waals surface area contributed by atoms with Crippen molar-refractivity contribution in [3.8, 4) is 0 Å². The first kappa shape index (κ1) is 16.4. The Hall–Kier alpha value is -0.650. The molecule has 1 atom stereocenters. The standard InChI is InChI=1S/C14H29N3O2/c1-14(15-2,13(18)19-4)7-10-16(3)11-12-17-8-5-6-9-17/h15H,5-12H2,1-4H3. The monoisotopic (exact) mass is 271 g/mol. The topological polar surface area (TPSA) is 44.8 Å². The molecule has 1 unspecified atom stereocenters. The van der Waals surface area contributed by atoms with Gasteiger partial charge in [0.05, 0.1) is 7.11 Å². The number of ether oxygens (including phenoxy) is 1. The smallest absolute Gasteiger partial charge is 0.325 e. The van der Waals surface area contributed by atoms with E-state index in [1.54, 1.807) is 7.05 Å². The zero-order chi connectivity index (χ0) is 14.3. The fourth-order valence-electron chi connectivity index (χ4n) is 2.40. The number of hydrogen-bond acceptors (Lipinski definition) is 5. The number of carbonyl (C=O) groups is 1. The average Bonchev–Trinajstić information content (AvgIpc) is 2.94. The number of likely N-dealkylation sites (tertiary alicyclic amines) is 1. The van der Waals surface area contributed by atoms with Crippen molar-refractivity contribution in [1.82, 2.24) is 15.1 Å². The largest absolute Gasteiger partial charge is 0.468 e. The first-order valence-corrected chi connectivity index (χ1v) is 7.20. The number of nitrogens with one attached hydrogen (secondary N) is 1. The van der Waals surface area contributed by atoms with Crippen LogP contribution in [0, 0.1) is 0 Å². The summed E-state index contributed by atoms with van der Waals surface area (Å²) in [5.41, 5.74) is -0.587. The van der Waals surface area contributed by atoms with E-state index >= 15 is 0 Å². The lowest BCUT2D eigenvalue weighted by Gasteiger charge is -2.29. The van der Waals surface area contributed by atoms with Crippen LogP contribution in [0.15, 0.2) is 0 Å². The van der Waals surface area contributed by atoms with Gasteiger partial charge in [-0.1, -0.05) is 0 Å². The minimum atomic E-state index is -0.587. The number of esters is 1. The highest BCUT2D eigenvalue weighted by Gasteiger charge is 2.32. The number of nitrogens with zero attached hydrogens (tertiary/aromatic N) is 2. The van der Waals surface area contributed by atoms with Crippen LogP contribution < -0.4 is 5.32 Å². The van der Waals surface area contributed by atoms with Crippen LogP contribution in [0.3, 0.4) is 0 Å². The molecule has 1 N–H and O–H groups in total. The van der Waals surface area contributed by atoms with Gasteiger partial charge in [-0.05, 0) is 53.4 Å². The molecule has 1 aliphatic heterocycles. The Kier molecular flexibility index (Phi) is 6.75. The Morgan fingerprint density at radius 2 is 2.00 bits per heavy atom. The summed E-state index contributed by atoms with van der Waals surface area (Å²) in [6.45, 7) is 7.45. The molecule has 1 aliphatic rings. The van der Waals surface area contributed by atoms with Gasteiger partial charge in [-0.25, -0.2) is 0 Å². The summed E-state index contributed by atoms with van der Waals surface area (Å²) in [4.78, 5) is 16.5. The Morgan fingerprint density at radius 3 is 2.53 bits per heavy atom. The van der Waals surface area contributed by atoms with E-state index in [9.17, 15) is 4.79 Å². The van der Waals surface area contributed by atoms with E-state index in [4.69, 9.17) is 4.74 Å². The molecule has 0 spiro atoms. The second-order valence-corrected chi connectivity index (χ2v) is 5.68. The van der Waals surface area contributed by atoms with E-state index in [2.05, 4.69) is 22.2 Å². The van der Waals surface area contributed by atoms with Gasteiger partial charge in [0.1, 0.15) is 5.54 Å². The molecule has 0 bridgehead atoms. The Morgan fingerprint density at radius 1 is 1.37 bits per heavy atom. The van der Waals surface area contributed by atoms with Gasteiger partial charge >= 0.3 is 5.97 Å². The lowest BCUT2D eigenvalue weighted by atomic mass is 9.98. The van der Waals surface area contributed by atoms with Gasteiger partial charge in [-0.3, -0.25) is 4.79 Å². The minimum absolute atomic E-state index is 0.192. The SMILES string of the molecule is CNC(C)(CCN(C)CCN1CCCC1)C(=O)OC. The molecule has 1 fully saturated rings. The Labute approximate surface area is 117 Å². The lowest BCUT2D eigenvalue weighted by Crippen LogP contribution is -2.50. The van der Waals surface area contributed by atoms with Crippen LogP contribution in [0.5, 0.6) is 0 Å². The first-order chi connectivity index (χ1) is 9.01. The van der Waals surface area contributed by atoms with Crippen molar-refractivity contribution in [2.24, 2.45) is 0 Å². The van der Waals surface area contributed by atoms with E-state index in [0.29, 0.717) is 0 Å². The summed E-state index contributed by atoms with van der Waals surface area (Å²) in [6.07, 6.45) is 3.43. The van der Waals surface area contributed by atoms with E-state index in [1.807, 2.05) is 6.92 Å². The second-order valence-electron chi connectivity index (χ2n) is 5.68. The highest BCUT2D eigenvalue weighted by Crippen LogP contribution is 2.12. The Balaban J connectivity index is 2.27. The molecule has 1 saturated heterocycles. The molecule has 1 heterocycles. The van der Waals surface area contributed by atoms with Crippen molar-refractivity contribution in [2.75, 3.05) is 53.9 Å². The molecule has 0 amide bonds. The predicted octanol–water partition coefficient (Wildman–Crippen LogP) is 0.555. The average molecular weight is 271 g/mol. The fraction of sp³-hybridized carbons (Fsp3) is 0.929. The van der Waals surface area contributed by atoms with Gasteiger partial charge in [0.2, 0.25) is 0 Å². The Bertz CT molecular complexity index is 280. The van der Waals surface area contributed by atoms with Crippen molar-refractivity contribution >= 4 is 5.97 Å². The number of hydrogen-bond donors (Lipinski definition) is 1. The highest BCUT2D eigenvalue weighted by atomic mass is 16.5. The third-order valence-corrected chi connectivity index (χ3v) is 4.18. The zero-order valence-corrected chi connectivity index (χ0v) is 12.9. The predicted molar refractivity (Wildman–Crippen MR) is 77.3 cm³/mol. The molecule has 0 radical (unpaired) electrons. The van der Waals surface area contributed by atoms with E-state index in [1.165, 1.54) is 33.0 Å². The van der Waals surface area contributed by atoms with Crippen LogP contribution in [0.25, 0.3) is 0 Å². The molecule has 5 heteroatoms. The molecule has 0 aromatic carbocycles. The lowest BCUT2D eigenvalue weighted by molar-refractivity contribution is -0.148. The summed E-state index contributed by atoms with van der Waals surface area (Å²) < 4.78 is 4.85.